The molecule has 214 valence electrons. The molecule has 1 fully saturated rings. The van der Waals surface area contributed by atoms with Crippen LogP contribution in [-0.4, -0.2) is 81.2 Å². The van der Waals surface area contributed by atoms with Gasteiger partial charge in [0.25, 0.3) is 0 Å². The van der Waals surface area contributed by atoms with E-state index in [9.17, 15) is 13.2 Å². The van der Waals surface area contributed by atoms with Gasteiger partial charge in [-0.2, -0.15) is 4.31 Å². The maximum Gasteiger partial charge on any atom is 0.243 e. The summed E-state index contributed by atoms with van der Waals surface area (Å²) in [5, 5.41) is 0.433. The number of benzene rings is 2. The monoisotopic (exact) mass is 589 g/mol. The van der Waals surface area contributed by atoms with E-state index < -0.39 is 10.0 Å². The van der Waals surface area contributed by atoms with Crippen LogP contribution in [0.15, 0.2) is 70.2 Å². The number of amides is 1. The highest BCUT2D eigenvalue weighted by Crippen LogP contribution is 2.33. The molecule has 3 heterocycles. The summed E-state index contributed by atoms with van der Waals surface area (Å²) < 4.78 is 50.5. The first-order valence-electron chi connectivity index (χ1n) is 13.1. The molecule has 0 saturated carbocycles. The Morgan fingerprint density at radius 1 is 0.975 bits per heavy atom. The highest BCUT2D eigenvalue weighted by Gasteiger charge is 2.29. The van der Waals surface area contributed by atoms with E-state index in [0.29, 0.717) is 48.5 Å². The number of carbonyl (C=O) groups excluding carboxylic acids is 1. The Hall–Kier alpha value is -3.09. The molecule has 12 heteroatoms. The number of furan rings is 1. The third kappa shape index (κ3) is 7.15. The maximum absolute atomic E-state index is 13.8. The fraction of sp³-hybridized carbons (Fsp3) is 0.393. The normalized spacial score (nSPS) is 15.4. The summed E-state index contributed by atoms with van der Waals surface area (Å²) in [5.41, 5.74) is 0.823. The molecule has 0 radical (unpaired) electrons. The van der Waals surface area contributed by atoms with E-state index in [-0.39, 0.29) is 43.8 Å². The smallest absolute Gasteiger partial charge is 0.243 e. The Bertz CT molecular complexity index is 1380. The van der Waals surface area contributed by atoms with Crippen LogP contribution in [0.3, 0.4) is 0 Å². The first-order valence-corrected chi connectivity index (χ1v) is 14.9. The van der Waals surface area contributed by atoms with E-state index in [0.717, 1.165) is 18.7 Å². The van der Waals surface area contributed by atoms with Crippen molar-refractivity contribution in [1.82, 2.24) is 14.1 Å². The quantitative estimate of drug-likeness (QED) is 0.316. The van der Waals surface area contributed by atoms with Crippen molar-refractivity contribution in [3.8, 4) is 11.5 Å². The molecular weight excluding hydrogens is 558 g/mol. The lowest BCUT2D eigenvalue weighted by molar-refractivity contribution is -0.133. The number of ether oxygens (including phenoxy) is 3. The third-order valence-electron chi connectivity index (χ3n) is 6.84. The van der Waals surface area contributed by atoms with Gasteiger partial charge in [-0.3, -0.25) is 9.69 Å². The topological polar surface area (TPSA) is 102 Å². The van der Waals surface area contributed by atoms with Gasteiger partial charge in [0.05, 0.1) is 37.5 Å². The zero-order valence-corrected chi connectivity index (χ0v) is 23.6. The average Bonchev–Trinajstić information content (AvgIpc) is 3.65. The Morgan fingerprint density at radius 3 is 2.50 bits per heavy atom. The summed E-state index contributed by atoms with van der Waals surface area (Å²) in [6.45, 7) is 4.06. The first-order chi connectivity index (χ1) is 19.4. The molecule has 0 bridgehead atoms. The number of halogens is 1. The molecule has 0 unspecified atom stereocenters. The van der Waals surface area contributed by atoms with Crippen LogP contribution in [0, 0.1) is 0 Å². The molecule has 0 spiro atoms. The van der Waals surface area contributed by atoms with Crippen molar-refractivity contribution in [3.63, 3.8) is 0 Å². The summed E-state index contributed by atoms with van der Waals surface area (Å²) in [7, 11) is -3.97. The molecule has 10 nitrogen and oxygen atoms in total. The molecule has 3 aromatic rings. The van der Waals surface area contributed by atoms with Gasteiger partial charge >= 0.3 is 0 Å². The largest absolute Gasteiger partial charge is 0.467 e. The Labute approximate surface area is 239 Å². The lowest BCUT2D eigenvalue weighted by atomic mass is 10.2. The van der Waals surface area contributed by atoms with Crippen molar-refractivity contribution in [2.45, 2.75) is 24.4 Å². The molecular formula is C28H32ClN3O7S. The molecule has 2 aliphatic heterocycles. The van der Waals surface area contributed by atoms with Crippen LogP contribution in [-0.2, 0) is 32.6 Å². The van der Waals surface area contributed by atoms with Crippen molar-refractivity contribution in [2.24, 2.45) is 0 Å². The molecule has 0 atom stereocenters. The maximum atomic E-state index is 13.8. The predicted octanol–water partition coefficient (Wildman–Crippen LogP) is 3.60. The molecule has 0 N–H and O–H groups in total. The van der Waals surface area contributed by atoms with Crippen LogP contribution in [0.4, 0.5) is 0 Å². The minimum Gasteiger partial charge on any atom is -0.467 e. The van der Waals surface area contributed by atoms with Crippen molar-refractivity contribution >= 4 is 27.5 Å². The van der Waals surface area contributed by atoms with Gasteiger partial charge in [-0.05, 0) is 67.1 Å². The van der Waals surface area contributed by atoms with E-state index in [1.54, 1.807) is 29.4 Å². The second-order valence-electron chi connectivity index (χ2n) is 9.62. The van der Waals surface area contributed by atoms with Gasteiger partial charge in [0, 0.05) is 31.2 Å². The first kappa shape index (κ1) is 28.4. The second kappa shape index (κ2) is 13.0. The predicted molar refractivity (Wildman–Crippen MR) is 148 cm³/mol. The zero-order valence-electron chi connectivity index (χ0n) is 22.0. The van der Waals surface area contributed by atoms with Crippen LogP contribution < -0.4 is 9.47 Å². The third-order valence-corrected chi connectivity index (χ3v) is 8.95. The van der Waals surface area contributed by atoms with E-state index in [1.807, 2.05) is 12.1 Å². The van der Waals surface area contributed by atoms with Crippen LogP contribution >= 0.6 is 11.6 Å². The molecule has 2 aliphatic rings. The van der Waals surface area contributed by atoms with Crippen molar-refractivity contribution in [2.75, 3.05) is 52.7 Å². The fourth-order valence-electron chi connectivity index (χ4n) is 4.67. The molecule has 2 aromatic carbocycles. The number of rotatable bonds is 12. The summed E-state index contributed by atoms with van der Waals surface area (Å²) in [6.07, 6.45) is 2.11. The average molecular weight is 590 g/mol. The zero-order chi connectivity index (χ0) is 28.0. The lowest BCUT2D eigenvalue weighted by Crippen LogP contribution is -2.44. The number of hydrogen-bond acceptors (Lipinski definition) is 8. The molecule has 1 amide bonds. The van der Waals surface area contributed by atoms with Gasteiger partial charge in [0.1, 0.15) is 5.76 Å². The van der Waals surface area contributed by atoms with Crippen molar-refractivity contribution in [1.29, 1.82) is 0 Å². The summed E-state index contributed by atoms with van der Waals surface area (Å²) in [4.78, 5) is 17.7. The Morgan fingerprint density at radius 2 is 1.75 bits per heavy atom. The number of morpholine rings is 1. The van der Waals surface area contributed by atoms with Gasteiger partial charge in [0.15, 0.2) is 11.5 Å². The molecule has 1 aromatic heterocycles. The highest BCUT2D eigenvalue weighted by molar-refractivity contribution is 7.89. The van der Waals surface area contributed by atoms with Gasteiger partial charge in [-0.15, -0.1) is 0 Å². The van der Waals surface area contributed by atoms with E-state index in [1.165, 1.54) is 28.6 Å². The Balaban J connectivity index is 1.35. The number of hydrogen-bond donors (Lipinski definition) is 0. The molecule has 1 saturated heterocycles. The van der Waals surface area contributed by atoms with E-state index in [2.05, 4.69) is 4.90 Å². The molecule has 0 aliphatic carbocycles. The van der Waals surface area contributed by atoms with Crippen LogP contribution in [0.25, 0.3) is 0 Å². The van der Waals surface area contributed by atoms with Crippen molar-refractivity contribution in [3.05, 3.63) is 77.2 Å². The number of fused-ring (bicyclic) bond motifs is 1. The van der Waals surface area contributed by atoms with Crippen molar-refractivity contribution < 1.29 is 31.8 Å². The van der Waals surface area contributed by atoms with E-state index in [4.69, 9.17) is 30.2 Å². The summed E-state index contributed by atoms with van der Waals surface area (Å²) in [6, 6.07) is 15.0. The molecule has 5 rings (SSSR count). The lowest BCUT2D eigenvalue weighted by Gasteiger charge is -2.29. The summed E-state index contributed by atoms with van der Waals surface area (Å²) in [5.74, 6) is 1.50. The Kier molecular flexibility index (Phi) is 9.28. The van der Waals surface area contributed by atoms with Crippen LogP contribution in [0.1, 0.15) is 17.7 Å². The van der Waals surface area contributed by atoms with Gasteiger partial charge in [-0.1, -0.05) is 17.7 Å². The standard InChI is InChI=1S/C28H32ClN3O7S/c29-23-5-7-25(8-6-23)40(34,35)32(11-2-10-30-12-15-36-16-13-30)20-28(33)31(19-24-3-1-14-37-24)18-22-4-9-26-27(17-22)39-21-38-26/h1,3-9,14,17H,2,10-13,15-16,18-21H2. The number of sulfonamides is 1. The second-order valence-corrected chi connectivity index (χ2v) is 12.0. The fourth-order valence-corrected chi connectivity index (χ4v) is 6.22. The van der Waals surface area contributed by atoms with E-state index >= 15 is 0 Å². The van der Waals surface area contributed by atoms with Gasteiger partial charge < -0.3 is 23.5 Å². The van der Waals surface area contributed by atoms with Gasteiger partial charge in [0.2, 0.25) is 22.7 Å². The SMILES string of the molecule is O=C(CN(CCCN1CCOCC1)S(=O)(=O)c1ccc(Cl)cc1)N(Cc1ccc2c(c1)OCO2)Cc1ccco1. The van der Waals surface area contributed by atoms with Gasteiger partial charge in [-0.25, -0.2) is 8.42 Å². The highest BCUT2D eigenvalue weighted by atomic mass is 35.5. The minimum absolute atomic E-state index is 0.0874. The molecule has 40 heavy (non-hydrogen) atoms. The van der Waals surface area contributed by atoms with Crippen LogP contribution in [0.2, 0.25) is 5.02 Å². The number of carbonyl (C=O) groups is 1. The summed E-state index contributed by atoms with van der Waals surface area (Å²) >= 11 is 6.01. The van der Waals surface area contributed by atoms with Crippen LogP contribution in [0.5, 0.6) is 11.5 Å². The number of nitrogens with zero attached hydrogens (tertiary/aromatic N) is 3. The minimum atomic E-state index is -3.97.